The monoisotopic (exact) mass is 539 g/mol. The lowest BCUT2D eigenvalue weighted by atomic mass is 10.1. The van der Waals surface area contributed by atoms with Crippen LogP contribution in [0.4, 0.5) is 11.4 Å². The van der Waals surface area contributed by atoms with Crippen LogP contribution < -0.4 is 31.0 Å². The maximum absolute atomic E-state index is 12.4. The molecule has 0 spiro atoms. The van der Waals surface area contributed by atoms with Crippen molar-refractivity contribution >= 4 is 44.7 Å². The maximum Gasteiger partial charge on any atom is 0.328 e. The Hall–Kier alpha value is -5.18. The number of amidine groups is 1. The summed E-state index contributed by atoms with van der Waals surface area (Å²) in [5, 5.41) is 10.7. The highest BCUT2D eigenvalue weighted by Gasteiger charge is 2.32. The Morgan fingerprint density at radius 2 is 1.89 bits per heavy atom. The van der Waals surface area contributed by atoms with Gasteiger partial charge in [0.15, 0.2) is 5.69 Å². The molecule has 6 N–H and O–H groups in total. The van der Waals surface area contributed by atoms with E-state index in [-0.39, 0.29) is 52.4 Å². The van der Waals surface area contributed by atoms with Crippen LogP contribution >= 0.6 is 0 Å². The lowest BCUT2D eigenvalue weighted by Crippen LogP contribution is -2.39. The molecule has 1 aliphatic rings. The molecule has 0 saturated heterocycles. The second-order valence-electron chi connectivity index (χ2n) is 8.01. The second kappa shape index (κ2) is 10.4. The highest BCUT2D eigenvalue weighted by Crippen LogP contribution is 2.40. The molecule has 2 amide bonds. The summed E-state index contributed by atoms with van der Waals surface area (Å²) in [6.45, 7) is 0. The number of nitrogens with zero attached hydrogens (tertiary/aromatic N) is 3. The summed E-state index contributed by atoms with van der Waals surface area (Å²) in [5.74, 6) is -1.36. The van der Waals surface area contributed by atoms with Gasteiger partial charge in [-0.05, 0) is 30.3 Å². The van der Waals surface area contributed by atoms with Crippen LogP contribution in [0.3, 0.4) is 0 Å². The molecular formula is C23H21N7O7S. The standard InChI is InChI=1S/C23H21N7O7S/c1-30(2)22(32)11-4-3-5-12(8-11)36-23-28-20(35-13-6-7-14(18(25)26)15(24)9-13)17-21(29-23)37-16(10-38(33)34)19(31)27-17/h3-10,16H,24H2,1-2H3,(H3,25,26)(H,27,31). The molecule has 0 radical (unpaired) electrons. The van der Waals surface area contributed by atoms with Gasteiger partial charge in [0.05, 0.1) is 5.37 Å². The number of anilines is 2. The van der Waals surface area contributed by atoms with Crippen LogP contribution in [0.5, 0.6) is 29.3 Å². The average molecular weight is 540 g/mol. The third-order valence-corrected chi connectivity index (χ3v) is 5.50. The van der Waals surface area contributed by atoms with Crippen molar-refractivity contribution in [2.75, 3.05) is 25.1 Å². The number of hydrogen-bond donors (Lipinski definition) is 4. The summed E-state index contributed by atoms with van der Waals surface area (Å²) >= 11 is 0. The average Bonchev–Trinajstić information content (AvgIpc) is 2.84. The van der Waals surface area contributed by atoms with Crippen molar-refractivity contribution in [1.82, 2.24) is 14.9 Å². The molecule has 0 bridgehead atoms. The lowest BCUT2D eigenvalue weighted by molar-refractivity contribution is -0.120. The number of carbonyl (C=O) groups excluding carboxylic acids is 2. The van der Waals surface area contributed by atoms with Gasteiger partial charge in [-0.15, -0.1) is 0 Å². The molecule has 0 aliphatic carbocycles. The molecule has 15 heteroatoms. The molecule has 0 fully saturated rings. The van der Waals surface area contributed by atoms with E-state index in [1.807, 2.05) is 0 Å². The molecule has 196 valence electrons. The fraction of sp³-hybridized carbons (Fsp3) is 0.130. The first kappa shape index (κ1) is 25.9. The van der Waals surface area contributed by atoms with Crippen molar-refractivity contribution in [2.24, 2.45) is 5.73 Å². The zero-order valence-electron chi connectivity index (χ0n) is 20.0. The molecule has 0 saturated carbocycles. The molecule has 2 heterocycles. The van der Waals surface area contributed by atoms with Crippen molar-refractivity contribution < 1.29 is 32.2 Å². The van der Waals surface area contributed by atoms with Crippen LogP contribution in [0.25, 0.3) is 0 Å². The lowest BCUT2D eigenvalue weighted by Gasteiger charge is -2.23. The number of ether oxygens (including phenoxy) is 3. The highest BCUT2D eigenvalue weighted by atomic mass is 32.2. The first-order valence-corrected chi connectivity index (χ1v) is 11.9. The predicted molar refractivity (Wildman–Crippen MR) is 137 cm³/mol. The Morgan fingerprint density at radius 3 is 2.55 bits per heavy atom. The smallest absolute Gasteiger partial charge is 0.328 e. The molecule has 2 aromatic carbocycles. The molecule has 1 aliphatic heterocycles. The third kappa shape index (κ3) is 5.62. The van der Waals surface area contributed by atoms with Crippen molar-refractivity contribution in [1.29, 1.82) is 5.41 Å². The SMILES string of the molecule is CN(C)C(=O)c1cccc(Oc2nc(Oc3ccc(C(=N)N)c(N)c3)c3c(n2)OC(C=S(=O)=O)C(=O)N3)c1. The summed E-state index contributed by atoms with van der Waals surface area (Å²) in [5.41, 5.74) is 12.2. The number of nitrogens with one attached hydrogen (secondary N) is 2. The Morgan fingerprint density at radius 1 is 1.16 bits per heavy atom. The van der Waals surface area contributed by atoms with E-state index < -0.39 is 22.3 Å². The molecule has 4 rings (SSSR count). The van der Waals surface area contributed by atoms with Gasteiger partial charge in [-0.1, -0.05) is 6.07 Å². The summed E-state index contributed by atoms with van der Waals surface area (Å²) in [6, 6.07) is 10.3. The number of aromatic nitrogens is 2. The van der Waals surface area contributed by atoms with Gasteiger partial charge in [-0.3, -0.25) is 15.0 Å². The van der Waals surface area contributed by atoms with E-state index in [1.165, 1.54) is 29.2 Å². The van der Waals surface area contributed by atoms with E-state index in [0.717, 1.165) is 0 Å². The van der Waals surface area contributed by atoms with E-state index >= 15 is 0 Å². The summed E-state index contributed by atoms with van der Waals surface area (Å²) in [6.07, 6.45) is -1.50. The zero-order valence-corrected chi connectivity index (χ0v) is 20.8. The first-order valence-electron chi connectivity index (χ1n) is 10.8. The van der Waals surface area contributed by atoms with Gasteiger partial charge in [-0.2, -0.15) is 18.4 Å². The number of hydrogen-bond acceptors (Lipinski definition) is 11. The van der Waals surface area contributed by atoms with Crippen molar-refractivity contribution in [3.8, 4) is 29.3 Å². The van der Waals surface area contributed by atoms with Crippen LogP contribution in [-0.2, 0) is 15.1 Å². The highest BCUT2D eigenvalue weighted by molar-refractivity contribution is 7.71. The van der Waals surface area contributed by atoms with Crippen LogP contribution in [0.15, 0.2) is 42.5 Å². The topological polar surface area (TPSA) is 213 Å². The van der Waals surface area contributed by atoms with Gasteiger partial charge < -0.3 is 35.9 Å². The van der Waals surface area contributed by atoms with Crippen molar-refractivity contribution in [3.05, 3.63) is 53.6 Å². The van der Waals surface area contributed by atoms with Crippen LogP contribution in [0.1, 0.15) is 15.9 Å². The van der Waals surface area contributed by atoms with Gasteiger partial charge in [0.1, 0.15) is 17.3 Å². The summed E-state index contributed by atoms with van der Waals surface area (Å²) in [7, 11) is 0.515. The number of nitrogens with two attached hydrogens (primary N) is 2. The Kier molecular flexibility index (Phi) is 7.11. The van der Waals surface area contributed by atoms with E-state index in [2.05, 4.69) is 15.3 Å². The Labute approximate surface area is 217 Å². The minimum Gasteiger partial charge on any atom is -0.457 e. The first-order chi connectivity index (χ1) is 18.0. The van der Waals surface area contributed by atoms with Crippen LogP contribution in [0, 0.1) is 5.41 Å². The third-order valence-electron chi connectivity index (χ3n) is 5.03. The van der Waals surface area contributed by atoms with Gasteiger partial charge in [0, 0.05) is 37.0 Å². The summed E-state index contributed by atoms with van der Waals surface area (Å²) < 4.78 is 39.3. The van der Waals surface area contributed by atoms with E-state index in [9.17, 15) is 18.0 Å². The molecule has 14 nitrogen and oxygen atoms in total. The molecule has 38 heavy (non-hydrogen) atoms. The molecule has 1 aromatic heterocycles. The molecule has 1 unspecified atom stereocenters. The fourth-order valence-electron chi connectivity index (χ4n) is 3.29. The molecule has 1 atom stereocenters. The second-order valence-corrected chi connectivity index (χ2v) is 8.80. The number of nitrogen functional groups attached to an aromatic ring is 2. The maximum atomic E-state index is 12.4. The minimum absolute atomic E-state index is 0.0885. The van der Waals surface area contributed by atoms with Crippen LogP contribution in [-0.4, -0.2) is 66.5 Å². The quantitative estimate of drug-likeness (QED) is 0.144. The number of fused-ring (bicyclic) bond motifs is 1. The fourth-order valence-corrected chi connectivity index (χ4v) is 3.67. The normalized spacial score (nSPS) is 13.8. The Balaban J connectivity index is 1.75. The molecule has 3 aromatic rings. The van der Waals surface area contributed by atoms with E-state index in [0.29, 0.717) is 16.5 Å². The van der Waals surface area contributed by atoms with Gasteiger partial charge in [-0.25, -0.2) is 0 Å². The zero-order chi connectivity index (χ0) is 27.6. The van der Waals surface area contributed by atoms with E-state index in [4.69, 9.17) is 31.1 Å². The van der Waals surface area contributed by atoms with Gasteiger partial charge in [0.25, 0.3) is 17.7 Å². The van der Waals surface area contributed by atoms with Crippen LogP contribution in [0.2, 0.25) is 0 Å². The van der Waals surface area contributed by atoms with Gasteiger partial charge >= 0.3 is 6.01 Å². The van der Waals surface area contributed by atoms with Crippen molar-refractivity contribution in [3.63, 3.8) is 0 Å². The van der Waals surface area contributed by atoms with Gasteiger partial charge in [0.2, 0.25) is 22.3 Å². The number of carbonyl (C=O) groups is 2. The number of rotatable bonds is 7. The number of benzene rings is 2. The molecular weight excluding hydrogens is 518 g/mol. The summed E-state index contributed by atoms with van der Waals surface area (Å²) in [4.78, 5) is 34.5. The predicted octanol–water partition coefficient (Wildman–Crippen LogP) is 1.01. The Bertz CT molecular complexity index is 1600. The minimum atomic E-state index is -2.70. The largest absolute Gasteiger partial charge is 0.457 e. The number of amides is 2. The van der Waals surface area contributed by atoms with Crippen molar-refractivity contribution in [2.45, 2.75) is 6.10 Å². The van der Waals surface area contributed by atoms with E-state index in [1.54, 1.807) is 32.3 Å².